The molecule has 0 aliphatic carbocycles. The van der Waals surface area contributed by atoms with Crippen molar-refractivity contribution in [1.29, 1.82) is 0 Å². The highest BCUT2D eigenvalue weighted by Crippen LogP contribution is 2.19. The highest BCUT2D eigenvalue weighted by molar-refractivity contribution is 9.10. The van der Waals surface area contributed by atoms with Crippen molar-refractivity contribution >= 4 is 39.4 Å². The van der Waals surface area contributed by atoms with Gasteiger partial charge in [0.05, 0.1) is 12.1 Å². The molecule has 0 radical (unpaired) electrons. The average molecular weight is 329 g/mol. The van der Waals surface area contributed by atoms with Crippen molar-refractivity contribution in [2.24, 2.45) is 0 Å². The van der Waals surface area contributed by atoms with Crippen molar-refractivity contribution < 1.29 is 9.53 Å². The molecule has 0 unspecified atom stereocenters. The summed E-state index contributed by atoms with van der Waals surface area (Å²) in [4.78, 5) is 13.4. The zero-order valence-electron chi connectivity index (χ0n) is 10.1. The Hall–Kier alpha value is -1.14. The molecule has 2 rings (SSSR count). The number of nitrogens with one attached hydrogen (secondary N) is 1. The van der Waals surface area contributed by atoms with Crippen LogP contribution in [0.4, 0.5) is 4.79 Å². The summed E-state index contributed by atoms with van der Waals surface area (Å²) < 4.78 is 6.19. The molecule has 1 N–H and O–H groups in total. The molecule has 4 nitrogen and oxygen atoms in total. The third-order valence-electron chi connectivity index (χ3n) is 2.48. The van der Waals surface area contributed by atoms with Gasteiger partial charge < -0.3 is 10.1 Å². The summed E-state index contributed by atoms with van der Waals surface area (Å²) in [6.07, 6.45) is -0.458. The number of hydrogen-bond donors (Lipinski definition) is 1. The molecule has 1 aromatic rings. The third-order valence-corrected chi connectivity index (χ3v) is 3.33. The van der Waals surface area contributed by atoms with E-state index in [4.69, 9.17) is 17.0 Å². The molecule has 0 spiro atoms. The molecule has 0 aromatic heterocycles. The van der Waals surface area contributed by atoms with E-state index in [0.29, 0.717) is 17.4 Å². The minimum absolute atomic E-state index is 0.212. The summed E-state index contributed by atoms with van der Waals surface area (Å²) >= 11 is 8.43. The number of benzene rings is 1. The number of hydrogen-bond acceptors (Lipinski definition) is 3. The van der Waals surface area contributed by atoms with Crippen molar-refractivity contribution in [1.82, 2.24) is 10.2 Å². The molecule has 1 heterocycles. The molecule has 0 atom stereocenters. The second kappa shape index (κ2) is 4.85. The second-order valence-electron chi connectivity index (χ2n) is 4.72. The van der Waals surface area contributed by atoms with Gasteiger partial charge in [0, 0.05) is 4.47 Å². The summed E-state index contributed by atoms with van der Waals surface area (Å²) in [5.41, 5.74) is -0.212. The van der Waals surface area contributed by atoms with Crippen LogP contribution in [0.3, 0.4) is 0 Å². The van der Waals surface area contributed by atoms with Gasteiger partial charge in [0.1, 0.15) is 5.75 Å². The molecule has 18 heavy (non-hydrogen) atoms. The zero-order valence-corrected chi connectivity index (χ0v) is 12.5. The van der Waals surface area contributed by atoms with Gasteiger partial charge in [0.15, 0.2) is 5.11 Å². The maximum atomic E-state index is 12.0. The number of amides is 1. The predicted octanol–water partition coefficient (Wildman–Crippen LogP) is 2.92. The van der Waals surface area contributed by atoms with Crippen molar-refractivity contribution in [2.75, 3.05) is 6.54 Å². The number of halogens is 1. The molecule has 0 saturated carbocycles. The smallest absolute Gasteiger partial charge is 0.410 e. The van der Waals surface area contributed by atoms with E-state index >= 15 is 0 Å². The summed E-state index contributed by atoms with van der Waals surface area (Å²) in [6, 6.07) is 7.07. The lowest BCUT2D eigenvalue weighted by Crippen LogP contribution is -2.36. The van der Waals surface area contributed by atoms with E-state index in [0.717, 1.165) is 4.47 Å². The molecule has 1 aliphatic heterocycles. The minimum atomic E-state index is -0.458. The first-order chi connectivity index (χ1) is 8.37. The van der Waals surface area contributed by atoms with Crippen LogP contribution in [0.15, 0.2) is 28.7 Å². The van der Waals surface area contributed by atoms with E-state index in [1.54, 1.807) is 12.1 Å². The summed E-state index contributed by atoms with van der Waals surface area (Å²) in [6.45, 7) is 4.46. The number of carbonyl (C=O) groups excluding carboxylic acids is 1. The van der Waals surface area contributed by atoms with Gasteiger partial charge in [-0.25, -0.2) is 4.79 Å². The van der Waals surface area contributed by atoms with E-state index in [-0.39, 0.29) is 5.54 Å². The fraction of sp³-hybridized carbons (Fsp3) is 0.333. The number of thiocarbonyl (C=S) groups is 1. The predicted molar refractivity (Wildman–Crippen MR) is 76.7 cm³/mol. The van der Waals surface area contributed by atoms with Crippen LogP contribution in [-0.2, 0) is 0 Å². The number of carbonyl (C=O) groups is 1. The molecule has 1 amide bonds. The Bertz CT molecular complexity index is 487. The Morgan fingerprint density at radius 2 is 2.06 bits per heavy atom. The van der Waals surface area contributed by atoms with E-state index in [1.165, 1.54) is 4.90 Å². The highest BCUT2D eigenvalue weighted by atomic mass is 79.9. The Labute approximate surface area is 119 Å². The van der Waals surface area contributed by atoms with Crippen LogP contribution in [0.2, 0.25) is 0 Å². The van der Waals surface area contributed by atoms with Gasteiger partial charge in [0.2, 0.25) is 0 Å². The second-order valence-corrected chi connectivity index (χ2v) is 6.02. The number of ether oxygens (including phenoxy) is 1. The summed E-state index contributed by atoms with van der Waals surface area (Å²) in [7, 11) is 0. The SMILES string of the molecule is CC1(C)CN(C(=O)Oc2ccc(Br)cc2)C(=S)N1. The van der Waals surface area contributed by atoms with E-state index in [2.05, 4.69) is 21.2 Å². The average Bonchev–Trinajstić information content (AvgIpc) is 2.55. The van der Waals surface area contributed by atoms with Crippen molar-refractivity contribution in [3.8, 4) is 5.75 Å². The van der Waals surface area contributed by atoms with Crippen molar-refractivity contribution in [3.63, 3.8) is 0 Å². The van der Waals surface area contributed by atoms with Crippen LogP contribution < -0.4 is 10.1 Å². The first kappa shape index (κ1) is 13.3. The van der Waals surface area contributed by atoms with Crippen molar-refractivity contribution in [3.05, 3.63) is 28.7 Å². The topological polar surface area (TPSA) is 41.6 Å². The molecule has 1 aromatic carbocycles. The first-order valence-electron chi connectivity index (χ1n) is 5.44. The molecule has 1 saturated heterocycles. The van der Waals surface area contributed by atoms with Gasteiger partial charge >= 0.3 is 6.09 Å². The van der Waals surface area contributed by atoms with Crippen LogP contribution in [0.1, 0.15) is 13.8 Å². The maximum absolute atomic E-state index is 12.0. The molecule has 1 aliphatic rings. The zero-order chi connectivity index (χ0) is 13.3. The van der Waals surface area contributed by atoms with Crippen LogP contribution in [-0.4, -0.2) is 28.2 Å². The quantitative estimate of drug-likeness (QED) is 0.805. The standard InChI is InChI=1S/C12H13BrN2O2S/c1-12(2)7-15(10(18)14-12)11(16)17-9-5-3-8(13)4-6-9/h3-6H,7H2,1-2H3,(H,14,18). The highest BCUT2D eigenvalue weighted by Gasteiger charge is 2.36. The van der Waals surface area contributed by atoms with Crippen LogP contribution in [0.5, 0.6) is 5.75 Å². The minimum Gasteiger partial charge on any atom is -0.410 e. The molecular weight excluding hydrogens is 316 g/mol. The molecule has 96 valence electrons. The Morgan fingerprint density at radius 1 is 1.44 bits per heavy atom. The normalized spacial score (nSPS) is 17.5. The lowest BCUT2D eigenvalue weighted by molar-refractivity contribution is 0.176. The lowest BCUT2D eigenvalue weighted by Gasteiger charge is -2.17. The number of nitrogens with zero attached hydrogens (tertiary/aromatic N) is 1. The van der Waals surface area contributed by atoms with Gasteiger partial charge in [-0.15, -0.1) is 0 Å². The van der Waals surface area contributed by atoms with Gasteiger partial charge in [-0.1, -0.05) is 15.9 Å². The van der Waals surface area contributed by atoms with Gasteiger partial charge in [-0.3, -0.25) is 4.90 Å². The van der Waals surface area contributed by atoms with E-state index in [1.807, 2.05) is 26.0 Å². The molecular formula is C12H13BrN2O2S. The molecule has 1 fully saturated rings. The van der Waals surface area contributed by atoms with Gasteiger partial charge in [0.25, 0.3) is 0 Å². The maximum Gasteiger partial charge on any atom is 0.421 e. The lowest BCUT2D eigenvalue weighted by atomic mass is 10.1. The summed E-state index contributed by atoms with van der Waals surface area (Å²) in [5, 5.41) is 3.47. The largest absolute Gasteiger partial charge is 0.421 e. The Balaban J connectivity index is 2.05. The number of rotatable bonds is 1. The Kier molecular flexibility index (Phi) is 3.59. The first-order valence-corrected chi connectivity index (χ1v) is 6.65. The van der Waals surface area contributed by atoms with Crippen molar-refractivity contribution in [2.45, 2.75) is 19.4 Å². The van der Waals surface area contributed by atoms with Crippen LogP contribution in [0.25, 0.3) is 0 Å². The Morgan fingerprint density at radius 3 is 2.56 bits per heavy atom. The van der Waals surface area contributed by atoms with Crippen LogP contribution >= 0.6 is 28.1 Å². The van der Waals surface area contributed by atoms with E-state index < -0.39 is 6.09 Å². The van der Waals surface area contributed by atoms with E-state index in [9.17, 15) is 4.79 Å². The monoisotopic (exact) mass is 328 g/mol. The van der Waals surface area contributed by atoms with Gasteiger partial charge in [-0.2, -0.15) is 0 Å². The fourth-order valence-corrected chi connectivity index (χ4v) is 2.35. The summed E-state index contributed by atoms with van der Waals surface area (Å²) in [5.74, 6) is 0.496. The fourth-order valence-electron chi connectivity index (χ4n) is 1.67. The van der Waals surface area contributed by atoms with Crippen LogP contribution in [0, 0.1) is 0 Å². The third kappa shape index (κ3) is 3.00. The molecule has 6 heteroatoms. The van der Waals surface area contributed by atoms with Gasteiger partial charge in [-0.05, 0) is 50.3 Å². The molecule has 0 bridgehead atoms.